The van der Waals surface area contributed by atoms with E-state index in [-0.39, 0.29) is 28.8 Å². The molecule has 14 heteroatoms. The standard InChI is InChI=1S/C21H24F5N7OS/c1-20(2,3)32-13-11-21(4,19(32)34)33-30-18(29-31-33)16-6-5-12-27-17(16)28-14-7-9-15(10-8-14)35(22,23,24,25)26/h5-10,12H,11,13H2,1-4H3,(H,27,28). The molecule has 4 rings (SSSR count). The lowest BCUT2D eigenvalue weighted by atomic mass is 10.0. The van der Waals surface area contributed by atoms with Crippen LogP contribution in [0.4, 0.5) is 30.9 Å². The summed E-state index contributed by atoms with van der Waals surface area (Å²) in [6.07, 6.45) is 1.91. The van der Waals surface area contributed by atoms with Gasteiger partial charge < -0.3 is 10.2 Å². The lowest BCUT2D eigenvalue weighted by Gasteiger charge is -2.40. The Kier molecular flexibility index (Phi) is 5.05. The Labute approximate surface area is 198 Å². The summed E-state index contributed by atoms with van der Waals surface area (Å²) in [5.74, 6) is 0.168. The predicted molar refractivity (Wildman–Crippen MR) is 122 cm³/mol. The lowest BCUT2D eigenvalue weighted by molar-refractivity contribution is -0.139. The maximum Gasteiger partial charge on any atom is 0.310 e. The number of carbonyl (C=O) groups excluding carboxylic acids is 1. The third kappa shape index (κ3) is 4.79. The number of carbonyl (C=O) groups is 1. The second-order valence-corrected chi connectivity index (χ2v) is 12.0. The Morgan fingerprint density at radius 1 is 1.06 bits per heavy atom. The van der Waals surface area contributed by atoms with Gasteiger partial charge in [-0.15, -0.1) is 15.0 Å². The molecule has 1 aliphatic heterocycles. The van der Waals surface area contributed by atoms with E-state index in [4.69, 9.17) is 0 Å². The molecule has 0 radical (unpaired) electrons. The molecule has 1 N–H and O–H groups in total. The predicted octanol–water partition coefficient (Wildman–Crippen LogP) is 5.88. The monoisotopic (exact) mass is 517 g/mol. The van der Waals surface area contributed by atoms with Gasteiger partial charge in [-0.1, -0.05) is 19.4 Å². The van der Waals surface area contributed by atoms with Gasteiger partial charge in [0, 0.05) is 30.4 Å². The molecule has 1 atom stereocenters. The number of amides is 1. The van der Waals surface area contributed by atoms with Crippen LogP contribution in [0.3, 0.4) is 0 Å². The number of aromatic nitrogens is 5. The molecule has 3 heterocycles. The molecule has 0 aliphatic carbocycles. The second-order valence-electron chi connectivity index (χ2n) is 9.57. The van der Waals surface area contributed by atoms with Crippen molar-refractivity contribution in [3.63, 3.8) is 0 Å². The minimum atomic E-state index is -9.77. The fourth-order valence-corrected chi connectivity index (χ4v) is 4.45. The number of tetrazole rings is 1. The molecular formula is C21H24F5N7OS. The fourth-order valence-electron chi connectivity index (χ4n) is 3.80. The minimum absolute atomic E-state index is 0.0988. The van der Waals surface area contributed by atoms with E-state index in [1.807, 2.05) is 20.8 Å². The summed E-state index contributed by atoms with van der Waals surface area (Å²) in [6, 6.07) is 5.61. The lowest BCUT2D eigenvalue weighted by Crippen LogP contribution is -2.48. The molecule has 2 aromatic heterocycles. The fraction of sp³-hybridized carbons (Fsp3) is 0.381. The maximum atomic E-state index is 13.1. The molecule has 0 bridgehead atoms. The number of nitrogens with one attached hydrogen (secondary N) is 1. The molecule has 8 nitrogen and oxygen atoms in total. The molecule has 1 aromatic carbocycles. The van der Waals surface area contributed by atoms with E-state index in [0.717, 1.165) is 12.1 Å². The van der Waals surface area contributed by atoms with Crippen LogP contribution >= 0.6 is 10.2 Å². The largest absolute Gasteiger partial charge is 0.340 e. The van der Waals surface area contributed by atoms with Gasteiger partial charge in [0.15, 0.2) is 5.54 Å². The summed E-state index contributed by atoms with van der Waals surface area (Å²) in [4.78, 5) is 18.3. The van der Waals surface area contributed by atoms with Crippen molar-refractivity contribution in [1.82, 2.24) is 30.1 Å². The summed E-state index contributed by atoms with van der Waals surface area (Å²) in [7, 11) is -9.77. The van der Waals surface area contributed by atoms with Gasteiger partial charge in [-0.25, -0.2) is 4.98 Å². The zero-order chi connectivity index (χ0) is 25.9. The van der Waals surface area contributed by atoms with Crippen molar-refractivity contribution in [2.45, 2.75) is 50.1 Å². The van der Waals surface area contributed by atoms with Gasteiger partial charge >= 0.3 is 10.2 Å². The highest BCUT2D eigenvalue weighted by atomic mass is 32.5. The number of anilines is 2. The Morgan fingerprint density at radius 2 is 1.71 bits per heavy atom. The number of nitrogens with zero attached hydrogens (tertiary/aromatic N) is 6. The zero-order valence-corrected chi connectivity index (χ0v) is 20.2. The van der Waals surface area contributed by atoms with E-state index in [9.17, 15) is 24.2 Å². The molecule has 1 fully saturated rings. The quantitative estimate of drug-likeness (QED) is 0.425. The minimum Gasteiger partial charge on any atom is -0.340 e. The molecule has 1 aliphatic rings. The molecule has 35 heavy (non-hydrogen) atoms. The first-order valence-corrected chi connectivity index (χ1v) is 12.5. The summed E-state index contributed by atoms with van der Waals surface area (Å²) in [6.45, 7) is 8.08. The molecular weight excluding hydrogens is 493 g/mol. The molecule has 190 valence electrons. The Bertz CT molecular complexity index is 1290. The number of rotatable bonds is 5. The number of hydrogen-bond acceptors (Lipinski definition) is 6. The van der Waals surface area contributed by atoms with Crippen molar-refractivity contribution in [2.75, 3.05) is 11.9 Å². The highest BCUT2D eigenvalue weighted by Crippen LogP contribution is 3.02. The summed E-state index contributed by atoms with van der Waals surface area (Å²) < 4.78 is 64.9. The van der Waals surface area contributed by atoms with Crippen molar-refractivity contribution < 1.29 is 24.2 Å². The van der Waals surface area contributed by atoms with Crippen LogP contribution in [0, 0.1) is 0 Å². The van der Waals surface area contributed by atoms with Crippen molar-refractivity contribution in [3.8, 4) is 11.4 Å². The van der Waals surface area contributed by atoms with Crippen LogP contribution in [0.5, 0.6) is 0 Å². The van der Waals surface area contributed by atoms with Crippen molar-refractivity contribution in [3.05, 3.63) is 42.6 Å². The molecule has 3 aromatic rings. The number of benzene rings is 1. The highest BCUT2D eigenvalue weighted by Gasteiger charge is 2.65. The van der Waals surface area contributed by atoms with E-state index >= 15 is 0 Å². The number of halogens is 5. The van der Waals surface area contributed by atoms with Crippen molar-refractivity contribution >= 4 is 27.6 Å². The van der Waals surface area contributed by atoms with Gasteiger partial charge in [-0.05, 0) is 69.3 Å². The molecule has 0 spiro atoms. The van der Waals surface area contributed by atoms with Crippen LogP contribution in [0.15, 0.2) is 47.5 Å². The van der Waals surface area contributed by atoms with Gasteiger partial charge in [-0.3, -0.25) is 4.79 Å². The van der Waals surface area contributed by atoms with E-state index < -0.39 is 20.7 Å². The van der Waals surface area contributed by atoms with Crippen LogP contribution in [-0.2, 0) is 10.3 Å². The van der Waals surface area contributed by atoms with Gasteiger partial charge in [0.25, 0.3) is 5.91 Å². The van der Waals surface area contributed by atoms with Crippen LogP contribution < -0.4 is 5.32 Å². The van der Waals surface area contributed by atoms with Crippen LogP contribution in [0.1, 0.15) is 34.1 Å². The molecule has 0 saturated carbocycles. The number of hydrogen-bond donors (Lipinski definition) is 1. The average molecular weight is 518 g/mol. The second kappa shape index (κ2) is 7.12. The van der Waals surface area contributed by atoms with E-state index in [1.165, 1.54) is 11.0 Å². The number of pyridine rings is 1. The Hall–Kier alpha value is -3.29. The Morgan fingerprint density at radius 3 is 2.29 bits per heavy atom. The molecule has 1 unspecified atom stereocenters. The molecule has 1 amide bonds. The highest BCUT2D eigenvalue weighted by molar-refractivity contribution is 8.45. The average Bonchev–Trinajstić information content (AvgIpc) is 3.33. The normalized spacial score (nSPS) is 21.1. The Balaban J connectivity index is 1.62. The van der Waals surface area contributed by atoms with E-state index in [2.05, 4.69) is 25.7 Å². The zero-order valence-electron chi connectivity index (χ0n) is 19.3. The topological polar surface area (TPSA) is 88.8 Å². The van der Waals surface area contributed by atoms with Gasteiger partial charge in [-0.2, -0.15) is 0 Å². The third-order valence-corrected chi connectivity index (χ3v) is 6.97. The van der Waals surface area contributed by atoms with Gasteiger partial charge in [0.05, 0.1) is 5.56 Å². The third-order valence-electron chi connectivity index (χ3n) is 5.80. The van der Waals surface area contributed by atoms with Crippen molar-refractivity contribution in [1.29, 1.82) is 0 Å². The molecule has 1 saturated heterocycles. The van der Waals surface area contributed by atoms with Crippen LogP contribution in [-0.4, -0.2) is 48.1 Å². The van der Waals surface area contributed by atoms with Crippen molar-refractivity contribution in [2.24, 2.45) is 0 Å². The first-order chi connectivity index (χ1) is 15.9. The summed E-state index contributed by atoms with van der Waals surface area (Å²) in [5, 5.41) is 15.3. The number of likely N-dealkylation sites (tertiary alicyclic amines) is 1. The van der Waals surface area contributed by atoms with Gasteiger partial charge in [0.2, 0.25) is 5.82 Å². The first-order valence-electron chi connectivity index (χ1n) is 10.6. The van der Waals surface area contributed by atoms with Crippen LogP contribution in [0.2, 0.25) is 0 Å². The van der Waals surface area contributed by atoms with E-state index in [1.54, 1.807) is 24.0 Å². The maximum absolute atomic E-state index is 13.1. The van der Waals surface area contributed by atoms with Gasteiger partial charge in [0.1, 0.15) is 10.7 Å². The first kappa shape index (κ1) is 24.8. The summed E-state index contributed by atoms with van der Waals surface area (Å²) >= 11 is 0. The SMILES string of the molecule is CC(C)(C)N1CCC(C)(n2nnc(-c3cccnc3Nc3ccc(S(F)(F)(F)(F)F)cc3)n2)C1=O. The summed E-state index contributed by atoms with van der Waals surface area (Å²) in [5.41, 5.74) is -0.944. The van der Waals surface area contributed by atoms with Crippen LogP contribution in [0.25, 0.3) is 11.4 Å². The van der Waals surface area contributed by atoms with E-state index in [0.29, 0.717) is 30.7 Å². The smallest absolute Gasteiger partial charge is 0.310 e.